The van der Waals surface area contributed by atoms with E-state index in [4.69, 9.17) is 17.3 Å². The van der Waals surface area contributed by atoms with E-state index in [9.17, 15) is 4.79 Å². The van der Waals surface area contributed by atoms with Gasteiger partial charge in [0.2, 0.25) is 0 Å². The van der Waals surface area contributed by atoms with Crippen LogP contribution in [0, 0.1) is 0 Å². The Morgan fingerprint density at radius 1 is 1.20 bits per heavy atom. The van der Waals surface area contributed by atoms with Gasteiger partial charge in [-0.15, -0.1) is 11.3 Å². The van der Waals surface area contributed by atoms with E-state index in [0.29, 0.717) is 22.0 Å². The molecule has 0 spiro atoms. The van der Waals surface area contributed by atoms with Crippen molar-refractivity contribution in [2.45, 2.75) is 0 Å². The molecule has 5 heteroatoms. The first-order chi connectivity index (χ1) is 9.65. The molecule has 0 radical (unpaired) electrons. The molecule has 0 unspecified atom stereocenters. The van der Waals surface area contributed by atoms with Crippen LogP contribution in [0.1, 0.15) is 10.4 Å². The van der Waals surface area contributed by atoms with E-state index in [-0.39, 0.29) is 5.91 Å². The fourth-order valence-electron chi connectivity index (χ4n) is 1.98. The molecular formula is C15H11ClN2OS. The van der Waals surface area contributed by atoms with Crippen LogP contribution in [0.4, 0.5) is 11.4 Å². The molecule has 0 aliphatic carbocycles. The number of carbonyl (C=O) groups is 1. The predicted octanol–water partition coefficient (Wildman–Crippen LogP) is 4.39. The number of nitrogen functional groups attached to an aromatic ring is 1. The van der Waals surface area contributed by atoms with Crippen molar-refractivity contribution in [1.82, 2.24) is 0 Å². The van der Waals surface area contributed by atoms with Crippen LogP contribution in [0.15, 0.2) is 47.8 Å². The van der Waals surface area contributed by atoms with Crippen LogP contribution in [-0.2, 0) is 0 Å². The third kappa shape index (κ3) is 2.35. The molecule has 0 atom stereocenters. The van der Waals surface area contributed by atoms with Crippen LogP contribution >= 0.6 is 22.9 Å². The van der Waals surface area contributed by atoms with Gasteiger partial charge in [-0.1, -0.05) is 29.8 Å². The predicted molar refractivity (Wildman–Crippen MR) is 85.6 cm³/mol. The highest BCUT2D eigenvalue weighted by atomic mass is 35.5. The van der Waals surface area contributed by atoms with Gasteiger partial charge in [0.05, 0.1) is 16.3 Å². The van der Waals surface area contributed by atoms with Crippen molar-refractivity contribution in [3.05, 3.63) is 58.4 Å². The number of nitrogens with one attached hydrogen (secondary N) is 1. The van der Waals surface area contributed by atoms with E-state index >= 15 is 0 Å². The maximum absolute atomic E-state index is 12.3. The Balaban J connectivity index is 1.95. The first-order valence-corrected chi connectivity index (χ1v) is 7.23. The smallest absolute Gasteiger partial charge is 0.257 e. The first kappa shape index (κ1) is 13.0. The lowest BCUT2D eigenvalue weighted by molar-refractivity contribution is 0.102. The molecule has 0 saturated heterocycles. The summed E-state index contributed by atoms with van der Waals surface area (Å²) in [6, 6.07) is 12.8. The van der Waals surface area contributed by atoms with Crippen LogP contribution in [0.5, 0.6) is 0 Å². The number of rotatable bonds is 2. The molecule has 3 N–H and O–H groups in total. The summed E-state index contributed by atoms with van der Waals surface area (Å²) in [7, 11) is 0. The molecule has 3 nitrogen and oxygen atoms in total. The lowest BCUT2D eigenvalue weighted by Gasteiger charge is -2.07. The molecule has 1 heterocycles. The van der Waals surface area contributed by atoms with Gasteiger partial charge in [-0.3, -0.25) is 4.79 Å². The zero-order valence-corrected chi connectivity index (χ0v) is 12.0. The Morgan fingerprint density at radius 2 is 2.00 bits per heavy atom. The Morgan fingerprint density at radius 3 is 2.85 bits per heavy atom. The van der Waals surface area contributed by atoms with Crippen molar-refractivity contribution < 1.29 is 4.79 Å². The third-order valence-corrected chi connectivity index (χ3v) is 4.26. The number of thiophene rings is 1. The van der Waals surface area contributed by atoms with E-state index in [2.05, 4.69) is 5.32 Å². The van der Waals surface area contributed by atoms with Crippen LogP contribution in [-0.4, -0.2) is 5.91 Å². The minimum Gasteiger partial charge on any atom is -0.399 e. The number of fused-ring (bicyclic) bond motifs is 1. The highest BCUT2D eigenvalue weighted by molar-refractivity contribution is 7.17. The topological polar surface area (TPSA) is 55.1 Å². The average molecular weight is 303 g/mol. The maximum atomic E-state index is 12.3. The number of halogens is 1. The van der Waals surface area contributed by atoms with Gasteiger partial charge in [-0.25, -0.2) is 0 Å². The fraction of sp³-hybridized carbons (Fsp3) is 0. The normalized spacial score (nSPS) is 10.7. The van der Waals surface area contributed by atoms with Crippen molar-refractivity contribution in [2.24, 2.45) is 0 Å². The Kier molecular flexibility index (Phi) is 3.34. The second kappa shape index (κ2) is 5.15. The number of carbonyl (C=O) groups excluding carboxylic acids is 1. The number of nitrogens with two attached hydrogens (primary N) is 1. The highest BCUT2D eigenvalue weighted by Gasteiger charge is 2.13. The van der Waals surface area contributed by atoms with Gasteiger partial charge in [-0.05, 0) is 24.3 Å². The summed E-state index contributed by atoms with van der Waals surface area (Å²) >= 11 is 7.59. The molecule has 20 heavy (non-hydrogen) atoms. The molecule has 0 bridgehead atoms. The number of hydrogen-bond donors (Lipinski definition) is 2. The average Bonchev–Trinajstić information content (AvgIpc) is 2.87. The zero-order chi connectivity index (χ0) is 14.1. The van der Waals surface area contributed by atoms with Gasteiger partial charge < -0.3 is 11.1 Å². The lowest BCUT2D eigenvalue weighted by Crippen LogP contribution is -2.11. The summed E-state index contributed by atoms with van der Waals surface area (Å²) in [5.74, 6) is -0.185. The van der Waals surface area contributed by atoms with Crippen LogP contribution in [0.2, 0.25) is 5.02 Å². The molecule has 3 aromatic rings. The molecular weight excluding hydrogens is 292 g/mol. The molecule has 0 fully saturated rings. The summed E-state index contributed by atoms with van der Waals surface area (Å²) < 4.78 is 1.08. The largest absolute Gasteiger partial charge is 0.399 e. The van der Waals surface area contributed by atoms with E-state index < -0.39 is 0 Å². The van der Waals surface area contributed by atoms with Crippen LogP contribution in [0.25, 0.3) is 10.1 Å². The highest BCUT2D eigenvalue weighted by Crippen LogP contribution is 2.28. The van der Waals surface area contributed by atoms with Crippen molar-refractivity contribution in [3.8, 4) is 0 Å². The minimum absolute atomic E-state index is 0.185. The summed E-state index contributed by atoms with van der Waals surface area (Å²) in [6.45, 7) is 0. The Labute approximate surface area is 125 Å². The molecule has 100 valence electrons. The third-order valence-electron chi connectivity index (χ3n) is 2.96. The maximum Gasteiger partial charge on any atom is 0.257 e. The fourth-order valence-corrected chi connectivity index (χ4v) is 3.09. The summed E-state index contributed by atoms with van der Waals surface area (Å²) in [5, 5.41) is 6.05. The molecule has 1 amide bonds. The zero-order valence-electron chi connectivity index (χ0n) is 10.4. The number of benzene rings is 2. The van der Waals surface area contributed by atoms with Gasteiger partial charge in [0.25, 0.3) is 5.91 Å². The summed E-state index contributed by atoms with van der Waals surface area (Å²) in [6.07, 6.45) is 0. The number of hydrogen-bond acceptors (Lipinski definition) is 3. The van der Waals surface area contributed by atoms with Crippen molar-refractivity contribution in [1.29, 1.82) is 0 Å². The monoisotopic (exact) mass is 302 g/mol. The van der Waals surface area contributed by atoms with Gasteiger partial charge in [0.15, 0.2) is 0 Å². The first-order valence-electron chi connectivity index (χ1n) is 5.98. The van der Waals surface area contributed by atoms with Gasteiger partial charge >= 0.3 is 0 Å². The van der Waals surface area contributed by atoms with E-state index in [1.165, 1.54) is 0 Å². The molecule has 3 rings (SSSR count). The second-order valence-corrected chi connectivity index (χ2v) is 5.66. The van der Waals surface area contributed by atoms with Gasteiger partial charge in [0.1, 0.15) is 0 Å². The molecule has 0 aliphatic rings. The van der Waals surface area contributed by atoms with Crippen LogP contribution in [0.3, 0.4) is 0 Å². The van der Waals surface area contributed by atoms with Crippen molar-refractivity contribution in [3.63, 3.8) is 0 Å². The SMILES string of the molecule is Nc1ccc(Cl)c(NC(=O)c2csc3ccccc23)c1. The number of amides is 1. The minimum atomic E-state index is -0.185. The Bertz CT molecular complexity index is 797. The Hall–Kier alpha value is -2.04. The summed E-state index contributed by atoms with van der Waals surface area (Å²) in [4.78, 5) is 12.3. The van der Waals surface area contributed by atoms with Gasteiger partial charge in [0, 0.05) is 21.2 Å². The van der Waals surface area contributed by atoms with E-state index in [1.54, 1.807) is 29.5 Å². The van der Waals surface area contributed by atoms with Crippen LogP contribution < -0.4 is 11.1 Å². The quantitative estimate of drug-likeness (QED) is 0.690. The lowest BCUT2D eigenvalue weighted by atomic mass is 10.1. The molecule has 2 aromatic carbocycles. The summed E-state index contributed by atoms with van der Waals surface area (Å²) in [5.41, 5.74) is 7.42. The second-order valence-electron chi connectivity index (χ2n) is 4.34. The standard InChI is InChI=1S/C15H11ClN2OS/c16-12-6-5-9(17)7-13(12)18-15(19)11-8-20-14-4-2-1-3-10(11)14/h1-8H,17H2,(H,18,19). The molecule has 1 aromatic heterocycles. The van der Waals surface area contributed by atoms with E-state index in [0.717, 1.165) is 10.1 Å². The van der Waals surface area contributed by atoms with E-state index in [1.807, 2.05) is 29.6 Å². The van der Waals surface area contributed by atoms with Crippen molar-refractivity contribution in [2.75, 3.05) is 11.1 Å². The van der Waals surface area contributed by atoms with Crippen molar-refractivity contribution >= 4 is 50.3 Å². The molecule has 0 aliphatic heterocycles. The molecule has 0 saturated carbocycles. The van der Waals surface area contributed by atoms with Gasteiger partial charge in [-0.2, -0.15) is 0 Å². The number of anilines is 2.